The summed E-state index contributed by atoms with van der Waals surface area (Å²) in [4.78, 5) is 34.0. The van der Waals surface area contributed by atoms with Crippen LogP contribution in [0.25, 0.3) is 0 Å². The summed E-state index contributed by atoms with van der Waals surface area (Å²) in [5, 5.41) is 2.94. The van der Waals surface area contributed by atoms with Gasteiger partial charge >= 0.3 is 0 Å². The summed E-state index contributed by atoms with van der Waals surface area (Å²) in [6.45, 7) is 4.75. The third-order valence-electron chi connectivity index (χ3n) is 6.79. The number of piperidine rings is 3. The molecule has 0 spiro atoms. The fourth-order valence-corrected chi connectivity index (χ4v) is 5.43. The molecule has 0 saturated carbocycles. The normalized spacial score (nSPS) is 25.6. The Labute approximate surface area is 177 Å². The molecule has 4 heterocycles. The van der Waals surface area contributed by atoms with Gasteiger partial charge in [0.2, 0.25) is 5.91 Å². The van der Waals surface area contributed by atoms with Crippen molar-refractivity contribution < 1.29 is 9.59 Å². The molecule has 156 valence electrons. The van der Waals surface area contributed by atoms with Crippen LogP contribution < -0.4 is 10.2 Å². The van der Waals surface area contributed by atoms with Crippen molar-refractivity contribution in [2.75, 3.05) is 29.9 Å². The summed E-state index contributed by atoms with van der Waals surface area (Å²) in [5.41, 5.74) is 2.45. The van der Waals surface area contributed by atoms with Crippen LogP contribution in [0, 0.1) is 18.8 Å². The number of benzene rings is 1. The number of fused-ring (bicyclic) bond motifs is 4. The molecular weight excluding hydrogens is 376 g/mol. The third kappa shape index (κ3) is 3.66. The first-order chi connectivity index (χ1) is 14.6. The van der Waals surface area contributed by atoms with E-state index in [4.69, 9.17) is 0 Å². The van der Waals surface area contributed by atoms with Crippen LogP contribution in [0.3, 0.4) is 0 Å². The van der Waals surface area contributed by atoms with E-state index in [1.165, 1.54) is 6.42 Å². The summed E-state index contributed by atoms with van der Waals surface area (Å²) >= 11 is 0. The van der Waals surface area contributed by atoms with E-state index < -0.39 is 0 Å². The first kappa shape index (κ1) is 19.1. The van der Waals surface area contributed by atoms with E-state index in [9.17, 15) is 9.59 Å². The van der Waals surface area contributed by atoms with Gasteiger partial charge in [0.1, 0.15) is 5.82 Å². The van der Waals surface area contributed by atoms with Crippen LogP contribution in [-0.2, 0) is 4.79 Å². The Hall–Kier alpha value is -2.89. The summed E-state index contributed by atoms with van der Waals surface area (Å²) in [6.07, 6.45) is 5.74. The molecule has 6 nitrogen and oxygen atoms in total. The molecule has 1 N–H and O–H groups in total. The number of nitrogens with one attached hydrogen (secondary N) is 1. The maximum Gasteiger partial charge on any atom is 0.257 e. The number of amides is 2. The number of nitrogens with zero attached hydrogens (tertiary/aromatic N) is 3. The molecule has 30 heavy (non-hydrogen) atoms. The number of rotatable bonds is 3. The number of aryl methyl sites for hydroxylation is 1. The Morgan fingerprint density at radius 1 is 1.17 bits per heavy atom. The zero-order valence-electron chi connectivity index (χ0n) is 17.4. The lowest BCUT2D eigenvalue weighted by molar-refractivity contribution is -0.142. The number of pyridine rings is 1. The average Bonchev–Trinajstić information content (AvgIpc) is 2.74. The van der Waals surface area contributed by atoms with E-state index in [0.29, 0.717) is 35.8 Å². The highest BCUT2D eigenvalue weighted by atomic mass is 16.2. The quantitative estimate of drug-likeness (QED) is 0.851. The monoisotopic (exact) mass is 404 g/mol. The summed E-state index contributed by atoms with van der Waals surface area (Å²) in [6, 6.07) is 12.0. The van der Waals surface area contributed by atoms with E-state index in [1.807, 2.05) is 43.3 Å². The molecule has 3 fully saturated rings. The highest BCUT2D eigenvalue weighted by molar-refractivity contribution is 6.04. The molecule has 3 aliphatic rings. The molecule has 1 aromatic heterocycles. The molecule has 0 aliphatic carbocycles. The molecular formula is C24H28N4O2. The van der Waals surface area contributed by atoms with Gasteiger partial charge in [-0.25, -0.2) is 4.98 Å². The van der Waals surface area contributed by atoms with Gasteiger partial charge < -0.3 is 15.1 Å². The standard InChI is InChI=1S/C24H28N4O2/c1-16-4-2-5-20(10-16)26-24(30)18-8-9-22(25-12-18)27-13-17-11-19(15-27)21-6-3-7-23(29)28(21)14-17/h2,4-5,8-10,12,17,19,21H,3,6-7,11,13-15H2,1H3,(H,26,30)/t17-,19-,21-/m1/s1. The zero-order valence-corrected chi connectivity index (χ0v) is 17.4. The van der Waals surface area contributed by atoms with Gasteiger partial charge in [-0.1, -0.05) is 12.1 Å². The second kappa shape index (κ2) is 7.74. The van der Waals surface area contributed by atoms with E-state index in [-0.39, 0.29) is 5.91 Å². The number of anilines is 2. The lowest BCUT2D eigenvalue weighted by Gasteiger charge is -2.52. The number of hydrogen-bond acceptors (Lipinski definition) is 4. The molecule has 3 atom stereocenters. The lowest BCUT2D eigenvalue weighted by atomic mass is 9.76. The van der Waals surface area contributed by atoms with Gasteiger partial charge in [-0.15, -0.1) is 0 Å². The minimum Gasteiger partial charge on any atom is -0.356 e. The van der Waals surface area contributed by atoms with Gasteiger partial charge in [-0.05, 0) is 67.9 Å². The molecule has 3 aliphatic heterocycles. The van der Waals surface area contributed by atoms with E-state index in [0.717, 1.165) is 49.5 Å². The predicted molar refractivity (Wildman–Crippen MR) is 117 cm³/mol. The van der Waals surface area contributed by atoms with Gasteiger partial charge in [0, 0.05) is 44.0 Å². The first-order valence-corrected chi connectivity index (χ1v) is 11.0. The van der Waals surface area contributed by atoms with Crippen molar-refractivity contribution in [2.45, 2.75) is 38.6 Å². The Bertz CT molecular complexity index is 958. The first-order valence-electron chi connectivity index (χ1n) is 11.0. The summed E-state index contributed by atoms with van der Waals surface area (Å²) in [5.74, 6) is 2.15. The van der Waals surface area contributed by atoms with Gasteiger partial charge in [-0.3, -0.25) is 9.59 Å². The SMILES string of the molecule is Cc1cccc(NC(=O)c2ccc(N3C[C@H]4C[C@H](C3)[C@H]3CCCC(=O)N3C4)nc2)c1. The Morgan fingerprint density at radius 2 is 2.07 bits per heavy atom. The molecule has 6 heteroatoms. The average molecular weight is 405 g/mol. The Morgan fingerprint density at radius 3 is 2.87 bits per heavy atom. The number of aromatic nitrogens is 1. The van der Waals surface area contributed by atoms with Gasteiger partial charge in [0.05, 0.1) is 5.56 Å². The van der Waals surface area contributed by atoms with E-state index in [1.54, 1.807) is 6.20 Å². The summed E-state index contributed by atoms with van der Waals surface area (Å²) < 4.78 is 0. The topological polar surface area (TPSA) is 65.5 Å². The van der Waals surface area contributed by atoms with Gasteiger partial charge in [0.15, 0.2) is 0 Å². The van der Waals surface area contributed by atoms with Crippen molar-refractivity contribution in [2.24, 2.45) is 11.8 Å². The zero-order chi connectivity index (χ0) is 20.7. The second-order valence-corrected chi connectivity index (χ2v) is 9.00. The van der Waals surface area contributed by atoms with Crippen LogP contribution in [0.15, 0.2) is 42.6 Å². The highest BCUT2D eigenvalue weighted by Crippen LogP contribution is 2.38. The summed E-state index contributed by atoms with van der Waals surface area (Å²) in [7, 11) is 0. The Balaban J connectivity index is 1.27. The van der Waals surface area contributed by atoms with E-state index >= 15 is 0 Å². The van der Waals surface area contributed by atoms with Gasteiger partial charge in [-0.2, -0.15) is 0 Å². The highest BCUT2D eigenvalue weighted by Gasteiger charge is 2.44. The molecule has 2 amide bonds. The van der Waals surface area contributed by atoms with Crippen molar-refractivity contribution in [1.82, 2.24) is 9.88 Å². The van der Waals surface area contributed by atoms with Crippen molar-refractivity contribution in [3.8, 4) is 0 Å². The van der Waals surface area contributed by atoms with Crippen molar-refractivity contribution in [3.05, 3.63) is 53.7 Å². The van der Waals surface area contributed by atoms with Crippen molar-refractivity contribution in [1.29, 1.82) is 0 Å². The van der Waals surface area contributed by atoms with Crippen LogP contribution in [0.2, 0.25) is 0 Å². The van der Waals surface area contributed by atoms with Crippen molar-refractivity contribution in [3.63, 3.8) is 0 Å². The van der Waals surface area contributed by atoms with E-state index in [2.05, 4.69) is 20.1 Å². The molecule has 0 unspecified atom stereocenters. The fourth-order valence-electron chi connectivity index (χ4n) is 5.43. The maximum atomic E-state index is 12.6. The van der Waals surface area contributed by atoms with Crippen LogP contribution in [0.4, 0.5) is 11.5 Å². The minimum atomic E-state index is -0.147. The fraction of sp³-hybridized carbons (Fsp3) is 0.458. The van der Waals surface area contributed by atoms with Crippen LogP contribution in [0.5, 0.6) is 0 Å². The Kier molecular flexibility index (Phi) is 4.93. The molecule has 2 aromatic rings. The second-order valence-electron chi connectivity index (χ2n) is 9.00. The van der Waals surface area contributed by atoms with Crippen LogP contribution in [-0.4, -0.2) is 47.4 Å². The van der Waals surface area contributed by atoms with Crippen LogP contribution >= 0.6 is 0 Å². The number of hydrogen-bond donors (Lipinski definition) is 1. The van der Waals surface area contributed by atoms with Crippen molar-refractivity contribution >= 4 is 23.3 Å². The largest absolute Gasteiger partial charge is 0.356 e. The smallest absolute Gasteiger partial charge is 0.257 e. The maximum absolute atomic E-state index is 12.6. The molecule has 5 rings (SSSR count). The molecule has 1 aromatic carbocycles. The van der Waals surface area contributed by atoms with Gasteiger partial charge in [0.25, 0.3) is 5.91 Å². The van der Waals surface area contributed by atoms with Crippen LogP contribution in [0.1, 0.15) is 41.6 Å². The third-order valence-corrected chi connectivity index (χ3v) is 6.79. The minimum absolute atomic E-state index is 0.147. The number of carbonyl (C=O) groups excluding carboxylic acids is 2. The molecule has 0 radical (unpaired) electrons. The molecule has 2 bridgehead atoms. The lowest BCUT2D eigenvalue weighted by Crippen LogP contribution is -2.60. The molecule has 3 saturated heterocycles. The number of carbonyl (C=O) groups is 2. The predicted octanol–water partition coefficient (Wildman–Crippen LogP) is 3.48.